The third kappa shape index (κ3) is 4.03. The molecule has 1 N–H and O–H groups in total. The predicted octanol–water partition coefficient (Wildman–Crippen LogP) is 3.92. The molecule has 0 radical (unpaired) electrons. The fraction of sp³-hybridized carbons (Fsp3) is 0.136. The van der Waals surface area contributed by atoms with Gasteiger partial charge < -0.3 is 19.5 Å². The van der Waals surface area contributed by atoms with Gasteiger partial charge in [-0.1, -0.05) is 42.5 Å². The average molecular weight is 361 g/mol. The minimum Gasteiger partial charge on any atom is -0.489 e. The molecule has 27 heavy (non-hydrogen) atoms. The van der Waals surface area contributed by atoms with Gasteiger partial charge in [0.1, 0.15) is 12.4 Å². The molecule has 3 aromatic rings. The quantitative estimate of drug-likeness (QED) is 0.723. The first-order valence-electron chi connectivity index (χ1n) is 8.72. The van der Waals surface area contributed by atoms with Gasteiger partial charge in [0.05, 0.1) is 0 Å². The average Bonchev–Trinajstić information content (AvgIpc) is 3.19. The number of carbonyl (C=O) groups is 1. The molecule has 1 amide bonds. The fourth-order valence-electron chi connectivity index (χ4n) is 2.87. The van der Waals surface area contributed by atoms with Crippen molar-refractivity contribution >= 4 is 5.91 Å². The largest absolute Gasteiger partial charge is 0.489 e. The number of rotatable bonds is 6. The van der Waals surface area contributed by atoms with E-state index in [0.717, 1.165) is 22.6 Å². The van der Waals surface area contributed by atoms with Gasteiger partial charge in [0.2, 0.25) is 6.79 Å². The van der Waals surface area contributed by atoms with Crippen LogP contribution in [0.1, 0.15) is 21.5 Å². The molecular formula is C22H19NO4. The maximum Gasteiger partial charge on any atom is 0.251 e. The van der Waals surface area contributed by atoms with Gasteiger partial charge in [0, 0.05) is 17.7 Å². The Morgan fingerprint density at radius 1 is 0.926 bits per heavy atom. The molecular weight excluding hydrogens is 342 g/mol. The third-order valence-electron chi connectivity index (χ3n) is 4.29. The van der Waals surface area contributed by atoms with Crippen molar-refractivity contribution in [3.63, 3.8) is 0 Å². The van der Waals surface area contributed by atoms with Crippen LogP contribution in [0.2, 0.25) is 0 Å². The summed E-state index contributed by atoms with van der Waals surface area (Å²) in [5.41, 5.74) is 2.39. The molecule has 4 rings (SSSR count). The van der Waals surface area contributed by atoms with Crippen LogP contribution < -0.4 is 19.5 Å². The predicted molar refractivity (Wildman–Crippen MR) is 101 cm³/mol. The maximum absolute atomic E-state index is 12.7. The minimum absolute atomic E-state index is 0.139. The van der Waals surface area contributed by atoms with E-state index >= 15 is 0 Å². The summed E-state index contributed by atoms with van der Waals surface area (Å²) >= 11 is 0. The molecule has 0 saturated carbocycles. The molecule has 0 aliphatic carbocycles. The molecule has 136 valence electrons. The Kier molecular flexibility index (Phi) is 4.92. The van der Waals surface area contributed by atoms with Crippen molar-refractivity contribution in [3.8, 4) is 17.2 Å². The van der Waals surface area contributed by atoms with Crippen LogP contribution in [-0.2, 0) is 13.2 Å². The highest BCUT2D eigenvalue weighted by Crippen LogP contribution is 2.32. The summed E-state index contributed by atoms with van der Waals surface area (Å²) in [7, 11) is 0. The Balaban J connectivity index is 1.41. The molecule has 0 fully saturated rings. The van der Waals surface area contributed by atoms with Crippen LogP contribution >= 0.6 is 0 Å². The van der Waals surface area contributed by atoms with Crippen molar-refractivity contribution in [1.82, 2.24) is 5.32 Å². The summed E-state index contributed by atoms with van der Waals surface area (Å²) in [5, 5.41) is 2.95. The highest BCUT2D eigenvalue weighted by molar-refractivity contribution is 5.95. The van der Waals surface area contributed by atoms with Crippen molar-refractivity contribution < 1.29 is 19.0 Å². The Morgan fingerprint density at radius 3 is 2.59 bits per heavy atom. The Bertz CT molecular complexity index is 940. The van der Waals surface area contributed by atoms with Crippen LogP contribution in [-0.4, -0.2) is 12.7 Å². The van der Waals surface area contributed by atoms with E-state index in [0.29, 0.717) is 24.5 Å². The van der Waals surface area contributed by atoms with E-state index in [1.807, 2.05) is 66.7 Å². The minimum atomic E-state index is -0.139. The number of carbonyl (C=O) groups excluding carboxylic acids is 1. The van der Waals surface area contributed by atoms with Crippen LogP contribution in [0.5, 0.6) is 17.2 Å². The van der Waals surface area contributed by atoms with Crippen molar-refractivity contribution in [2.45, 2.75) is 13.2 Å². The topological polar surface area (TPSA) is 56.8 Å². The summed E-state index contributed by atoms with van der Waals surface area (Å²) in [6.45, 7) is 0.973. The van der Waals surface area contributed by atoms with Gasteiger partial charge in [0.15, 0.2) is 11.5 Å². The van der Waals surface area contributed by atoms with Crippen molar-refractivity contribution in [2.24, 2.45) is 0 Å². The van der Waals surface area contributed by atoms with Gasteiger partial charge in [-0.05, 0) is 35.9 Å². The number of fused-ring (bicyclic) bond motifs is 1. The van der Waals surface area contributed by atoms with Gasteiger partial charge in [0.25, 0.3) is 5.91 Å². The smallest absolute Gasteiger partial charge is 0.251 e. The fourth-order valence-corrected chi connectivity index (χ4v) is 2.87. The number of benzene rings is 3. The number of ether oxygens (including phenoxy) is 3. The molecule has 3 aromatic carbocycles. The lowest BCUT2D eigenvalue weighted by Crippen LogP contribution is -2.24. The first-order chi connectivity index (χ1) is 13.3. The van der Waals surface area contributed by atoms with Crippen molar-refractivity contribution in [2.75, 3.05) is 6.79 Å². The summed E-state index contributed by atoms with van der Waals surface area (Å²) < 4.78 is 16.5. The Hall–Kier alpha value is -3.47. The second-order valence-corrected chi connectivity index (χ2v) is 6.13. The zero-order valence-electron chi connectivity index (χ0n) is 14.7. The lowest BCUT2D eigenvalue weighted by atomic mass is 10.1. The van der Waals surface area contributed by atoms with E-state index in [-0.39, 0.29) is 12.7 Å². The standard InChI is InChI=1S/C22H19NO4/c24-22(23-13-16-10-11-20-21(12-16)27-15-26-20)19-9-5-4-6-17(19)14-25-18-7-2-1-3-8-18/h1-12H,13-15H2,(H,23,24). The van der Waals surface area contributed by atoms with Gasteiger partial charge >= 0.3 is 0 Å². The van der Waals surface area contributed by atoms with Gasteiger partial charge in [-0.15, -0.1) is 0 Å². The molecule has 0 aromatic heterocycles. The molecule has 1 heterocycles. The normalized spacial score (nSPS) is 11.9. The molecule has 5 heteroatoms. The van der Waals surface area contributed by atoms with E-state index in [4.69, 9.17) is 14.2 Å². The Morgan fingerprint density at radius 2 is 1.70 bits per heavy atom. The molecule has 1 aliphatic heterocycles. The molecule has 5 nitrogen and oxygen atoms in total. The van der Waals surface area contributed by atoms with Crippen LogP contribution in [0.4, 0.5) is 0 Å². The number of hydrogen-bond donors (Lipinski definition) is 1. The number of nitrogens with one attached hydrogen (secondary N) is 1. The highest BCUT2D eigenvalue weighted by Gasteiger charge is 2.15. The molecule has 0 atom stereocenters. The van der Waals surface area contributed by atoms with Gasteiger partial charge in [-0.2, -0.15) is 0 Å². The molecule has 1 aliphatic rings. The SMILES string of the molecule is O=C(NCc1ccc2c(c1)OCO2)c1ccccc1COc1ccccc1. The first-order valence-corrected chi connectivity index (χ1v) is 8.72. The van der Waals surface area contributed by atoms with Crippen molar-refractivity contribution in [3.05, 3.63) is 89.5 Å². The summed E-state index contributed by atoms with van der Waals surface area (Å²) in [4.78, 5) is 12.7. The molecule has 0 unspecified atom stereocenters. The van der Waals surface area contributed by atoms with E-state index in [2.05, 4.69) is 5.32 Å². The lowest BCUT2D eigenvalue weighted by molar-refractivity contribution is 0.0948. The number of para-hydroxylation sites is 1. The zero-order chi connectivity index (χ0) is 18.5. The maximum atomic E-state index is 12.7. The highest BCUT2D eigenvalue weighted by atomic mass is 16.7. The molecule has 0 spiro atoms. The first kappa shape index (κ1) is 17.0. The monoisotopic (exact) mass is 361 g/mol. The summed E-state index contributed by atoms with van der Waals surface area (Å²) in [6, 6.07) is 22.7. The lowest BCUT2D eigenvalue weighted by Gasteiger charge is -2.12. The van der Waals surface area contributed by atoms with E-state index < -0.39 is 0 Å². The van der Waals surface area contributed by atoms with Crippen LogP contribution in [0.25, 0.3) is 0 Å². The summed E-state index contributed by atoms with van der Waals surface area (Å²) in [6.07, 6.45) is 0. The number of amides is 1. The second kappa shape index (κ2) is 7.83. The van der Waals surface area contributed by atoms with Crippen molar-refractivity contribution in [1.29, 1.82) is 0 Å². The Labute approximate surface area is 157 Å². The van der Waals surface area contributed by atoms with Crippen LogP contribution in [0, 0.1) is 0 Å². The summed E-state index contributed by atoms with van der Waals surface area (Å²) in [5.74, 6) is 2.07. The van der Waals surface area contributed by atoms with E-state index in [9.17, 15) is 4.79 Å². The van der Waals surface area contributed by atoms with E-state index in [1.165, 1.54) is 0 Å². The zero-order valence-corrected chi connectivity index (χ0v) is 14.7. The van der Waals surface area contributed by atoms with Crippen LogP contribution in [0.15, 0.2) is 72.8 Å². The molecule has 0 bridgehead atoms. The third-order valence-corrected chi connectivity index (χ3v) is 4.29. The second-order valence-electron chi connectivity index (χ2n) is 6.13. The van der Waals surface area contributed by atoms with Gasteiger partial charge in [-0.3, -0.25) is 4.79 Å². The number of hydrogen-bond acceptors (Lipinski definition) is 4. The van der Waals surface area contributed by atoms with E-state index in [1.54, 1.807) is 6.07 Å². The molecule has 0 saturated heterocycles. The van der Waals surface area contributed by atoms with Gasteiger partial charge in [-0.25, -0.2) is 0 Å². The van der Waals surface area contributed by atoms with Crippen LogP contribution in [0.3, 0.4) is 0 Å².